The van der Waals surface area contributed by atoms with Crippen LogP contribution in [0.15, 0.2) is 34.9 Å². The standard InChI is InChI=1S/C18H20Cl2N2O4/c1-3-7-22(10-16-13(6-8-26-16)18(24)25-2)11-17(23)21-15-5-4-12(19)9-14(15)20/h4-6,8-9H,3,7,10-11H2,1-2H3,(H,21,23). The van der Waals surface area contributed by atoms with E-state index in [1.807, 2.05) is 11.8 Å². The smallest absolute Gasteiger partial charge is 0.341 e. The van der Waals surface area contributed by atoms with Gasteiger partial charge in [-0.3, -0.25) is 9.69 Å². The predicted molar refractivity (Wildman–Crippen MR) is 101 cm³/mol. The average molecular weight is 399 g/mol. The third-order valence-corrected chi connectivity index (χ3v) is 4.18. The zero-order chi connectivity index (χ0) is 19.1. The van der Waals surface area contributed by atoms with Gasteiger partial charge in [0.05, 0.1) is 37.2 Å². The number of amides is 1. The number of benzene rings is 1. The first kappa shape index (κ1) is 20.3. The van der Waals surface area contributed by atoms with Crippen molar-refractivity contribution in [2.75, 3.05) is 25.5 Å². The molecule has 2 aromatic rings. The van der Waals surface area contributed by atoms with Crippen molar-refractivity contribution in [3.63, 3.8) is 0 Å². The number of rotatable bonds is 8. The zero-order valence-corrected chi connectivity index (χ0v) is 16.1. The molecule has 1 aromatic heterocycles. The third-order valence-electron chi connectivity index (χ3n) is 3.63. The summed E-state index contributed by atoms with van der Waals surface area (Å²) in [5.74, 6) is -0.237. The number of carbonyl (C=O) groups excluding carboxylic acids is 2. The maximum absolute atomic E-state index is 12.4. The van der Waals surface area contributed by atoms with Crippen molar-refractivity contribution in [3.8, 4) is 0 Å². The van der Waals surface area contributed by atoms with Crippen LogP contribution in [0.25, 0.3) is 0 Å². The minimum absolute atomic E-state index is 0.119. The molecule has 0 aliphatic heterocycles. The minimum atomic E-state index is -0.470. The monoisotopic (exact) mass is 398 g/mol. The van der Waals surface area contributed by atoms with Crippen LogP contribution in [0, 0.1) is 0 Å². The van der Waals surface area contributed by atoms with Crippen LogP contribution in [0.5, 0.6) is 0 Å². The molecule has 0 saturated carbocycles. The lowest BCUT2D eigenvalue weighted by Gasteiger charge is -2.20. The highest BCUT2D eigenvalue weighted by atomic mass is 35.5. The van der Waals surface area contributed by atoms with Crippen LogP contribution >= 0.6 is 23.2 Å². The maximum Gasteiger partial charge on any atom is 0.341 e. The van der Waals surface area contributed by atoms with E-state index < -0.39 is 5.97 Å². The van der Waals surface area contributed by atoms with Crippen molar-refractivity contribution in [2.45, 2.75) is 19.9 Å². The topological polar surface area (TPSA) is 71.8 Å². The number of anilines is 1. The van der Waals surface area contributed by atoms with Gasteiger partial charge in [-0.25, -0.2) is 4.79 Å². The SMILES string of the molecule is CCCN(CC(=O)Nc1ccc(Cl)cc1Cl)Cc1occc1C(=O)OC. The fraction of sp³-hybridized carbons (Fsp3) is 0.333. The summed E-state index contributed by atoms with van der Waals surface area (Å²) in [6, 6.07) is 6.42. The van der Waals surface area contributed by atoms with Crippen LogP contribution < -0.4 is 5.32 Å². The van der Waals surface area contributed by atoms with Crippen LogP contribution in [0.2, 0.25) is 10.0 Å². The van der Waals surface area contributed by atoms with E-state index in [0.717, 1.165) is 6.42 Å². The van der Waals surface area contributed by atoms with Gasteiger partial charge >= 0.3 is 5.97 Å². The van der Waals surface area contributed by atoms with Crippen molar-refractivity contribution in [2.24, 2.45) is 0 Å². The molecule has 1 amide bonds. The molecule has 0 aliphatic carbocycles. The molecule has 0 unspecified atom stereocenters. The Morgan fingerprint density at radius 1 is 1.27 bits per heavy atom. The second kappa shape index (κ2) is 9.62. The summed E-state index contributed by atoms with van der Waals surface area (Å²) in [5.41, 5.74) is 0.848. The summed E-state index contributed by atoms with van der Waals surface area (Å²) < 4.78 is 10.1. The van der Waals surface area contributed by atoms with Crippen molar-refractivity contribution in [1.82, 2.24) is 4.90 Å². The van der Waals surface area contributed by atoms with E-state index in [0.29, 0.717) is 40.1 Å². The number of furan rings is 1. The Morgan fingerprint density at radius 3 is 2.69 bits per heavy atom. The van der Waals surface area contributed by atoms with Crippen LogP contribution in [0.3, 0.4) is 0 Å². The number of ether oxygens (including phenoxy) is 1. The lowest BCUT2D eigenvalue weighted by atomic mass is 10.2. The minimum Gasteiger partial charge on any atom is -0.467 e. The summed E-state index contributed by atoms with van der Waals surface area (Å²) >= 11 is 11.9. The molecule has 0 bridgehead atoms. The largest absolute Gasteiger partial charge is 0.467 e. The molecular formula is C18H20Cl2N2O4. The maximum atomic E-state index is 12.4. The Morgan fingerprint density at radius 2 is 2.04 bits per heavy atom. The summed E-state index contributed by atoms with van der Waals surface area (Å²) in [6.45, 7) is 3.09. The van der Waals surface area contributed by atoms with Gasteiger partial charge in [-0.1, -0.05) is 30.1 Å². The lowest BCUT2D eigenvalue weighted by molar-refractivity contribution is -0.117. The fourth-order valence-corrected chi connectivity index (χ4v) is 2.93. The Balaban J connectivity index is 2.04. The van der Waals surface area contributed by atoms with Crippen LogP contribution in [-0.2, 0) is 16.1 Å². The summed E-state index contributed by atoms with van der Waals surface area (Å²) in [5, 5.41) is 3.62. The predicted octanol–water partition coefficient (Wildman–Crippen LogP) is 4.22. The number of nitrogens with one attached hydrogen (secondary N) is 1. The number of hydrogen-bond donors (Lipinski definition) is 1. The summed E-state index contributed by atoms with van der Waals surface area (Å²) in [7, 11) is 1.31. The average Bonchev–Trinajstić information content (AvgIpc) is 3.05. The molecule has 26 heavy (non-hydrogen) atoms. The Labute approximate surface area is 162 Å². The first-order valence-electron chi connectivity index (χ1n) is 8.06. The van der Waals surface area contributed by atoms with Crippen molar-refractivity contribution in [3.05, 3.63) is 51.9 Å². The molecule has 0 saturated heterocycles. The molecule has 1 N–H and O–H groups in total. The van der Waals surface area contributed by atoms with E-state index in [9.17, 15) is 9.59 Å². The second-order valence-corrected chi connectivity index (χ2v) is 6.48. The lowest BCUT2D eigenvalue weighted by Crippen LogP contribution is -2.33. The normalized spacial score (nSPS) is 10.8. The van der Waals surface area contributed by atoms with E-state index >= 15 is 0 Å². The summed E-state index contributed by atoms with van der Waals surface area (Å²) in [6.07, 6.45) is 2.27. The molecule has 0 spiro atoms. The molecule has 0 aliphatic rings. The molecule has 8 heteroatoms. The number of nitrogens with zero attached hydrogens (tertiary/aromatic N) is 1. The number of hydrogen-bond acceptors (Lipinski definition) is 5. The molecule has 0 fully saturated rings. The van der Waals surface area contributed by atoms with Crippen LogP contribution in [0.4, 0.5) is 5.69 Å². The van der Waals surface area contributed by atoms with Gasteiger partial charge in [0.2, 0.25) is 5.91 Å². The van der Waals surface area contributed by atoms with Crippen LogP contribution in [0.1, 0.15) is 29.5 Å². The molecule has 1 aromatic carbocycles. The molecular weight excluding hydrogens is 379 g/mol. The molecule has 0 atom stereocenters. The van der Waals surface area contributed by atoms with Crippen LogP contribution in [-0.4, -0.2) is 37.0 Å². The van der Waals surface area contributed by atoms with Gasteiger partial charge in [0.25, 0.3) is 0 Å². The highest BCUT2D eigenvalue weighted by molar-refractivity contribution is 6.36. The number of methoxy groups -OCH3 is 1. The van der Waals surface area contributed by atoms with E-state index in [4.69, 9.17) is 32.4 Å². The van der Waals surface area contributed by atoms with E-state index in [-0.39, 0.29) is 12.5 Å². The van der Waals surface area contributed by atoms with Gasteiger partial charge in [-0.2, -0.15) is 0 Å². The van der Waals surface area contributed by atoms with E-state index in [2.05, 4.69) is 5.32 Å². The van der Waals surface area contributed by atoms with Crippen molar-refractivity contribution < 1.29 is 18.7 Å². The summed E-state index contributed by atoms with van der Waals surface area (Å²) in [4.78, 5) is 26.0. The molecule has 140 valence electrons. The van der Waals surface area contributed by atoms with E-state index in [1.165, 1.54) is 13.4 Å². The number of carbonyl (C=O) groups is 2. The molecule has 2 rings (SSSR count). The zero-order valence-electron chi connectivity index (χ0n) is 14.6. The first-order valence-corrected chi connectivity index (χ1v) is 8.82. The first-order chi connectivity index (χ1) is 12.4. The number of esters is 1. The molecule has 0 radical (unpaired) electrons. The molecule has 1 heterocycles. The Bertz CT molecular complexity index is 776. The van der Waals surface area contributed by atoms with Crippen molar-refractivity contribution >= 4 is 40.8 Å². The van der Waals surface area contributed by atoms with Gasteiger partial charge in [0.1, 0.15) is 11.3 Å². The Kier molecular flexibility index (Phi) is 7.50. The van der Waals surface area contributed by atoms with Gasteiger partial charge in [-0.05, 0) is 37.2 Å². The van der Waals surface area contributed by atoms with Gasteiger partial charge in [0, 0.05) is 5.02 Å². The van der Waals surface area contributed by atoms with E-state index in [1.54, 1.807) is 24.3 Å². The molecule has 6 nitrogen and oxygen atoms in total. The number of halogens is 2. The fourth-order valence-electron chi connectivity index (χ4n) is 2.47. The van der Waals surface area contributed by atoms with Crippen molar-refractivity contribution in [1.29, 1.82) is 0 Å². The third kappa shape index (κ3) is 5.49. The Hall–Kier alpha value is -2.02. The van der Waals surface area contributed by atoms with Gasteiger partial charge < -0.3 is 14.5 Å². The second-order valence-electron chi connectivity index (χ2n) is 5.63. The van der Waals surface area contributed by atoms with Gasteiger partial charge in [0.15, 0.2) is 0 Å². The highest BCUT2D eigenvalue weighted by Gasteiger charge is 2.19. The van der Waals surface area contributed by atoms with Gasteiger partial charge in [-0.15, -0.1) is 0 Å². The highest BCUT2D eigenvalue weighted by Crippen LogP contribution is 2.25. The quantitative estimate of drug-likeness (QED) is 0.673.